The van der Waals surface area contributed by atoms with E-state index in [1.807, 2.05) is 69.2 Å². The molecule has 0 unspecified atom stereocenters. The van der Waals surface area contributed by atoms with Gasteiger partial charge in [-0.2, -0.15) is 11.3 Å². The van der Waals surface area contributed by atoms with Crippen molar-refractivity contribution in [2.45, 2.75) is 84.5 Å². The lowest BCUT2D eigenvalue weighted by molar-refractivity contribution is -0.312. The van der Waals surface area contributed by atoms with Crippen LogP contribution in [-0.4, -0.2) is 73.0 Å². The molecule has 14 heteroatoms. The summed E-state index contributed by atoms with van der Waals surface area (Å²) in [6.07, 6.45) is 5.94. The zero-order valence-electron chi connectivity index (χ0n) is 27.9. The van der Waals surface area contributed by atoms with Crippen LogP contribution in [0.3, 0.4) is 0 Å². The van der Waals surface area contributed by atoms with Crippen LogP contribution in [0.1, 0.15) is 71.7 Å². The van der Waals surface area contributed by atoms with E-state index < -0.39 is 16.7 Å². The number of amides is 3. The summed E-state index contributed by atoms with van der Waals surface area (Å²) in [7, 11) is 0. The second kappa shape index (κ2) is 16.0. The number of carbonyl (C=O) groups excluding carboxylic acids is 3. The van der Waals surface area contributed by atoms with Crippen molar-refractivity contribution in [2.75, 3.05) is 18.7 Å². The quantitative estimate of drug-likeness (QED) is 0.0882. The third-order valence-corrected chi connectivity index (χ3v) is 9.14. The molecule has 48 heavy (non-hydrogen) atoms. The van der Waals surface area contributed by atoms with Gasteiger partial charge in [0.25, 0.3) is 11.1 Å². The first kappa shape index (κ1) is 35.5. The lowest BCUT2D eigenvalue weighted by Gasteiger charge is -2.37. The lowest BCUT2D eigenvalue weighted by Crippen LogP contribution is -2.45. The zero-order chi connectivity index (χ0) is 34.3. The number of pyridine rings is 1. The maximum absolute atomic E-state index is 13.5. The smallest absolute Gasteiger partial charge is 0.410 e. The highest BCUT2D eigenvalue weighted by Gasteiger charge is 2.36. The van der Waals surface area contributed by atoms with Crippen molar-refractivity contribution in [1.29, 1.82) is 0 Å². The summed E-state index contributed by atoms with van der Waals surface area (Å²) in [4.78, 5) is 65.7. The normalized spacial score (nSPS) is 19.3. The molecule has 1 aliphatic heterocycles. The first-order valence-corrected chi connectivity index (χ1v) is 17.8. The second-order valence-corrected chi connectivity index (χ2v) is 14.9. The Morgan fingerprint density at radius 3 is 2.60 bits per heavy atom. The molecule has 5 rings (SSSR count). The summed E-state index contributed by atoms with van der Waals surface area (Å²) >= 11 is 2.45. The Kier molecular flexibility index (Phi) is 11.8. The van der Waals surface area contributed by atoms with E-state index in [2.05, 4.69) is 20.7 Å². The molecule has 3 amide bonds. The van der Waals surface area contributed by atoms with Crippen LogP contribution in [0.4, 0.5) is 15.5 Å². The molecule has 4 heterocycles. The van der Waals surface area contributed by atoms with Crippen LogP contribution in [0.2, 0.25) is 0 Å². The summed E-state index contributed by atoms with van der Waals surface area (Å²) < 4.78 is 5.83. The minimum absolute atomic E-state index is 0.0212. The van der Waals surface area contributed by atoms with Gasteiger partial charge in [0.1, 0.15) is 5.60 Å². The molecule has 1 N–H and O–H groups in total. The molecule has 0 radical (unpaired) electrons. The Morgan fingerprint density at radius 1 is 1.10 bits per heavy atom. The van der Waals surface area contributed by atoms with Crippen molar-refractivity contribution in [1.82, 2.24) is 24.8 Å². The van der Waals surface area contributed by atoms with Crippen molar-refractivity contribution in [3.8, 4) is 11.3 Å². The number of hydrogen-bond acceptors (Lipinski definition) is 12. The topological polar surface area (TPSA) is 136 Å². The lowest BCUT2D eigenvalue weighted by atomic mass is 9.90. The molecule has 0 aromatic carbocycles. The van der Waals surface area contributed by atoms with Crippen LogP contribution >= 0.6 is 23.1 Å². The van der Waals surface area contributed by atoms with Gasteiger partial charge in [0, 0.05) is 29.2 Å². The fraction of sp³-hybridized carbons (Fsp3) is 0.471. The largest absolute Gasteiger partial charge is 0.444 e. The highest BCUT2D eigenvalue weighted by atomic mass is 32.2. The molecular weight excluding hydrogens is 653 g/mol. The molecule has 0 bridgehead atoms. The van der Waals surface area contributed by atoms with E-state index in [0.717, 1.165) is 59.3 Å². The minimum atomic E-state index is -0.624. The fourth-order valence-corrected chi connectivity index (χ4v) is 6.69. The van der Waals surface area contributed by atoms with Gasteiger partial charge >= 0.3 is 6.09 Å². The molecule has 3 aromatic rings. The molecule has 1 saturated heterocycles. The summed E-state index contributed by atoms with van der Waals surface area (Å²) in [5, 5.41) is 7.06. The Hall–Kier alpha value is -3.85. The van der Waals surface area contributed by atoms with Crippen LogP contribution in [0.5, 0.6) is 0 Å². The molecule has 1 saturated carbocycles. The number of anilines is 1. The molecule has 12 nitrogen and oxygen atoms in total. The van der Waals surface area contributed by atoms with Crippen LogP contribution in [0, 0.1) is 5.92 Å². The van der Waals surface area contributed by atoms with Gasteiger partial charge in [-0.15, -0.1) is 0 Å². The molecule has 0 atom stereocenters. The maximum Gasteiger partial charge on any atom is 0.410 e. The van der Waals surface area contributed by atoms with Gasteiger partial charge in [0.2, 0.25) is 5.95 Å². The number of thioether (sulfide) groups is 1. The van der Waals surface area contributed by atoms with Crippen LogP contribution in [0.25, 0.3) is 17.3 Å². The predicted molar refractivity (Wildman–Crippen MR) is 186 cm³/mol. The number of ether oxygens (including phenoxy) is 1. The van der Waals surface area contributed by atoms with E-state index in [1.165, 1.54) is 0 Å². The van der Waals surface area contributed by atoms with E-state index in [4.69, 9.17) is 19.5 Å². The van der Waals surface area contributed by atoms with E-state index in [-0.39, 0.29) is 35.7 Å². The zero-order valence-corrected chi connectivity index (χ0v) is 29.5. The van der Waals surface area contributed by atoms with Gasteiger partial charge in [-0.05, 0) is 99.9 Å². The average Bonchev–Trinajstić information content (AvgIpc) is 3.66. The molecule has 2 fully saturated rings. The number of nitrogens with one attached hydrogen (secondary N) is 1. The second-order valence-electron chi connectivity index (χ2n) is 13.1. The number of rotatable bonds is 12. The monoisotopic (exact) mass is 694 g/mol. The van der Waals surface area contributed by atoms with Crippen LogP contribution in [0.15, 0.2) is 52.2 Å². The predicted octanol–water partition coefficient (Wildman–Crippen LogP) is 7.36. The van der Waals surface area contributed by atoms with Crippen molar-refractivity contribution < 1.29 is 28.9 Å². The summed E-state index contributed by atoms with van der Waals surface area (Å²) in [6, 6.07) is 9.68. The van der Waals surface area contributed by atoms with Gasteiger partial charge in [-0.1, -0.05) is 19.9 Å². The number of aromatic nitrogens is 3. The number of nitrogens with zero attached hydrogens (tertiary/aromatic N) is 5. The molecule has 0 spiro atoms. The van der Waals surface area contributed by atoms with Crippen molar-refractivity contribution >= 4 is 52.4 Å². The third-order valence-electron chi connectivity index (χ3n) is 7.55. The fourth-order valence-electron chi connectivity index (χ4n) is 5.23. The van der Waals surface area contributed by atoms with Crippen molar-refractivity contribution in [3.05, 3.63) is 63.6 Å². The Balaban J connectivity index is 1.20. The number of hydrogen-bond donors (Lipinski definition) is 1. The van der Waals surface area contributed by atoms with Gasteiger partial charge in [-0.25, -0.2) is 29.4 Å². The Labute approximate surface area is 289 Å². The maximum atomic E-state index is 13.5. The summed E-state index contributed by atoms with van der Waals surface area (Å²) in [5.41, 5.74) is 2.61. The summed E-state index contributed by atoms with van der Waals surface area (Å²) in [6.45, 7) is 9.98. The first-order chi connectivity index (χ1) is 22.9. The molecule has 1 aliphatic carbocycles. The van der Waals surface area contributed by atoms with Crippen LogP contribution < -0.4 is 5.32 Å². The van der Waals surface area contributed by atoms with Crippen molar-refractivity contribution in [3.63, 3.8) is 0 Å². The molecular formula is C34H42N6O6S2. The van der Waals surface area contributed by atoms with E-state index in [0.29, 0.717) is 24.8 Å². The van der Waals surface area contributed by atoms with Gasteiger partial charge in [0.15, 0.2) is 6.73 Å². The van der Waals surface area contributed by atoms with E-state index in [1.54, 1.807) is 29.7 Å². The Bertz CT molecular complexity index is 1600. The van der Waals surface area contributed by atoms with Crippen molar-refractivity contribution in [2.24, 2.45) is 5.92 Å². The first-order valence-electron chi connectivity index (χ1n) is 16.0. The number of imide groups is 1. The Morgan fingerprint density at radius 2 is 1.90 bits per heavy atom. The number of thiophene rings is 1. The van der Waals surface area contributed by atoms with Gasteiger partial charge < -0.3 is 10.1 Å². The third kappa shape index (κ3) is 9.84. The highest BCUT2D eigenvalue weighted by molar-refractivity contribution is 8.18. The average molecular weight is 695 g/mol. The summed E-state index contributed by atoms with van der Waals surface area (Å²) in [5.74, 6) is 0.216. The van der Waals surface area contributed by atoms with E-state index in [9.17, 15) is 14.4 Å². The molecule has 3 aromatic heterocycles. The molecule has 256 valence electrons. The standard InChI is InChI=1S/C34H42N6O6S2/c1-22(2)19-44-45-21-40-30(41)29(48-33(40)43)17-25-13-15-35-31(38-25)37-24-9-11-27(12-10-24)39(32(42)46-34(3,4)5)18-26-7-6-8-28(36-26)23-14-16-47-20-23/h6-8,13-17,20,22,24,27H,9-12,18-19,21H2,1-5H3,(H,35,37,38)/b29-17-. The highest BCUT2D eigenvalue weighted by Crippen LogP contribution is 2.32. The van der Waals surface area contributed by atoms with Gasteiger partial charge in [0.05, 0.1) is 35.1 Å². The van der Waals surface area contributed by atoms with Gasteiger partial charge in [-0.3, -0.25) is 19.5 Å². The SMILES string of the molecule is CC(C)COOCN1C(=O)S/C(=C\c2ccnc(NC3CCC(N(Cc4cccc(-c5ccsc5)n4)C(=O)OC(C)(C)C)CC3)n2)C1=O. The molecule has 2 aliphatic rings. The van der Waals surface area contributed by atoms with E-state index >= 15 is 0 Å². The van der Waals surface area contributed by atoms with Crippen LogP contribution in [-0.2, 0) is 25.9 Å². The number of carbonyl (C=O) groups is 3. The minimum Gasteiger partial charge on any atom is -0.444 e.